The van der Waals surface area contributed by atoms with E-state index in [1.807, 2.05) is 48.5 Å². The van der Waals surface area contributed by atoms with Crippen LogP contribution in [0.1, 0.15) is 35.8 Å². The number of carbonyl (C=O) groups is 2. The molecule has 6 nitrogen and oxygen atoms in total. The van der Waals surface area contributed by atoms with E-state index in [1.54, 1.807) is 30.3 Å². The van der Waals surface area contributed by atoms with Gasteiger partial charge in [0.25, 0.3) is 0 Å². The van der Waals surface area contributed by atoms with Crippen molar-refractivity contribution in [3.8, 4) is 0 Å². The second-order valence-electron chi connectivity index (χ2n) is 5.92. The van der Waals surface area contributed by atoms with E-state index >= 15 is 0 Å². The summed E-state index contributed by atoms with van der Waals surface area (Å²) in [7, 11) is 0. The van der Waals surface area contributed by atoms with Crippen LogP contribution < -0.4 is 10.2 Å². The normalized spacial score (nSPS) is 8.47. The summed E-state index contributed by atoms with van der Waals surface area (Å²) in [6, 6.07) is 28.6. The minimum Gasteiger partial charge on any atom is -0.352 e. The molecule has 0 aliphatic rings. The number of rotatable bonds is 3. The van der Waals surface area contributed by atoms with Crippen LogP contribution in [0.3, 0.4) is 0 Å². The molecule has 3 aromatic rings. The predicted octanol–water partition coefficient (Wildman–Crippen LogP) is 5.33. The quantitative estimate of drug-likeness (QED) is 0.455. The fourth-order valence-electron chi connectivity index (χ4n) is 2.04. The van der Waals surface area contributed by atoms with Crippen LogP contribution in [0.2, 0.25) is 0 Å². The Balaban J connectivity index is 0.000000424. The molecule has 30 heavy (non-hydrogen) atoms. The van der Waals surface area contributed by atoms with Gasteiger partial charge in [0.2, 0.25) is 15.9 Å². The molecule has 3 rings (SSSR count). The Bertz CT molecular complexity index is 908. The highest BCUT2D eigenvalue weighted by molar-refractivity contribution is 5.94. The molecule has 156 valence electrons. The zero-order valence-corrected chi connectivity index (χ0v) is 16.6. The van der Waals surface area contributed by atoms with E-state index < -0.39 is 5.91 Å². The molecule has 0 fully saturated rings. The minimum atomic E-state index is -0.486. The van der Waals surface area contributed by atoms with E-state index in [-0.39, 0.29) is 13.3 Å². The summed E-state index contributed by atoms with van der Waals surface area (Å²) in [5.74, 6) is -0.477. The average Bonchev–Trinajstić information content (AvgIpc) is 2.75. The first-order chi connectivity index (χ1) is 14.0. The molecule has 0 spiro atoms. The number of hydrogen-bond acceptors (Lipinski definition) is 3. The number of carbonyl (C=O) groups excluding carboxylic acids is 2. The van der Waals surface area contributed by atoms with E-state index in [0.717, 1.165) is 5.56 Å². The summed E-state index contributed by atoms with van der Waals surface area (Å²) in [6.45, 7) is 4.22. The second kappa shape index (κ2) is 16.1. The van der Waals surface area contributed by atoms with Gasteiger partial charge in [-0.1, -0.05) is 91.9 Å². The number of benzene rings is 3. The van der Waals surface area contributed by atoms with E-state index in [1.165, 1.54) is 12.5 Å². The van der Waals surface area contributed by atoms with Crippen LogP contribution in [0.15, 0.2) is 96.1 Å². The molecule has 3 aromatic carbocycles. The number of hydrogen-bond donors (Lipinski definition) is 2. The van der Waals surface area contributed by atoms with Crippen molar-refractivity contribution in [1.29, 1.82) is 5.53 Å². The fraction of sp³-hybridized carbons (Fsp3) is 0.167. The van der Waals surface area contributed by atoms with Gasteiger partial charge in [-0.05, 0) is 24.6 Å². The van der Waals surface area contributed by atoms with Crippen LogP contribution in [-0.2, 0) is 11.3 Å². The highest BCUT2D eigenvalue weighted by Crippen LogP contribution is 1.99. The molecule has 0 bridgehead atoms. The number of amides is 2. The molecule has 0 aliphatic carbocycles. The molecule has 0 aromatic heterocycles. The highest BCUT2D eigenvalue weighted by Gasteiger charge is 2.06. The molecule has 0 unspecified atom stereocenters. The Morgan fingerprint density at radius 3 is 1.73 bits per heavy atom. The van der Waals surface area contributed by atoms with Crippen molar-refractivity contribution < 1.29 is 9.59 Å². The fourth-order valence-corrected chi connectivity index (χ4v) is 2.04. The predicted molar refractivity (Wildman–Crippen MR) is 120 cm³/mol. The van der Waals surface area contributed by atoms with Crippen LogP contribution in [-0.4, -0.2) is 11.8 Å². The molecule has 0 aliphatic heterocycles. The van der Waals surface area contributed by atoms with Gasteiger partial charge in [0, 0.05) is 19.0 Å². The van der Waals surface area contributed by atoms with Gasteiger partial charge in [-0.15, -0.1) is 0 Å². The summed E-state index contributed by atoms with van der Waals surface area (Å²) in [6.07, 6.45) is 0. The Labute approximate surface area is 178 Å². The lowest BCUT2D eigenvalue weighted by Crippen LogP contribution is -2.18. The SMILES string of the molecule is C.CC(=O)NCc1ccccc1.Cc1ccccc1.N=[N+]=NC(=O)c1ccccc1. The van der Waals surface area contributed by atoms with Crippen molar-refractivity contribution in [1.82, 2.24) is 10.2 Å². The van der Waals surface area contributed by atoms with Gasteiger partial charge >= 0.3 is 5.91 Å². The maximum Gasteiger partial charge on any atom is 0.360 e. The molecular formula is C24H29N4O2+. The van der Waals surface area contributed by atoms with Crippen molar-refractivity contribution >= 4 is 11.8 Å². The van der Waals surface area contributed by atoms with Crippen molar-refractivity contribution in [3.63, 3.8) is 0 Å². The maximum absolute atomic E-state index is 10.9. The average molecular weight is 406 g/mol. The molecule has 0 heterocycles. The highest BCUT2D eigenvalue weighted by atomic mass is 16.2. The van der Waals surface area contributed by atoms with Gasteiger partial charge in [0.15, 0.2) is 0 Å². The smallest absolute Gasteiger partial charge is 0.352 e. The van der Waals surface area contributed by atoms with Crippen LogP contribution in [0, 0.1) is 12.5 Å². The van der Waals surface area contributed by atoms with E-state index in [2.05, 4.69) is 34.4 Å². The topological polar surface area (TPSA) is 96.5 Å². The van der Waals surface area contributed by atoms with Gasteiger partial charge < -0.3 is 5.32 Å². The van der Waals surface area contributed by atoms with Gasteiger partial charge in [0.1, 0.15) is 5.53 Å². The number of nitrogens with one attached hydrogen (secondary N) is 2. The lowest BCUT2D eigenvalue weighted by molar-refractivity contribution is -0.119. The molecule has 2 N–H and O–H groups in total. The van der Waals surface area contributed by atoms with Crippen molar-refractivity contribution in [2.45, 2.75) is 27.8 Å². The Morgan fingerprint density at radius 1 is 0.867 bits per heavy atom. The molecule has 0 radical (unpaired) electrons. The lowest BCUT2D eigenvalue weighted by atomic mass is 10.2. The largest absolute Gasteiger partial charge is 0.360 e. The van der Waals surface area contributed by atoms with Gasteiger partial charge in [-0.2, -0.15) is 0 Å². The third-order valence-corrected chi connectivity index (χ3v) is 3.49. The zero-order valence-electron chi connectivity index (χ0n) is 16.6. The van der Waals surface area contributed by atoms with Crippen LogP contribution in [0.4, 0.5) is 0 Å². The third kappa shape index (κ3) is 12.5. The van der Waals surface area contributed by atoms with E-state index in [9.17, 15) is 9.59 Å². The first-order valence-electron chi connectivity index (χ1n) is 8.99. The van der Waals surface area contributed by atoms with Gasteiger partial charge in [-0.25, -0.2) is 0 Å². The Hall–Kier alpha value is -3.89. The Kier molecular flexibility index (Phi) is 14.0. The summed E-state index contributed by atoms with van der Waals surface area (Å²) in [5.41, 5.74) is 9.22. The van der Waals surface area contributed by atoms with Crippen molar-refractivity contribution in [3.05, 3.63) is 108 Å². The summed E-state index contributed by atoms with van der Waals surface area (Å²) >= 11 is 0. The summed E-state index contributed by atoms with van der Waals surface area (Å²) in [4.78, 5) is 24.0. The van der Waals surface area contributed by atoms with Gasteiger partial charge in [0.05, 0.1) is 0 Å². The third-order valence-electron chi connectivity index (χ3n) is 3.49. The van der Waals surface area contributed by atoms with E-state index in [4.69, 9.17) is 5.53 Å². The number of nitrogens with zero attached hydrogens (tertiary/aromatic N) is 2. The first-order valence-corrected chi connectivity index (χ1v) is 8.99. The van der Waals surface area contributed by atoms with Crippen molar-refractivity contribution in [2.24, 2.45) is 5.11 Å². The summed E-state index contributed by atoms with van der Waals surface area (Å²) < 4.78 is 0. The van der Waals surface area contributed by atoms with Crippen LogP contribution >= 0.6 is 0 Å². The first kappa shape index (κ1) is 26.1. The Morgan fingerprint density at radius 2 is 1.33 bits per heavy atom. The number of aryl methyl sites for hydroxylation is 1. The molecule has 0 saturated carbocycles. The molecule has 2 amide bonds. The van der Waals surface area contributed by atoms with E-state index in [0.29, 0.717) is 12.1 Å². The molecule has 0 saturated heterocycles. The second-order valence-corrected chi connectivity index (χ2v) is 5.92. The monoisotopic (exact) mass is 405 g/mol. The molecular weight excluding hydrogens is 376 g/mol. The standard InChI is InChI=1S/C9H11NO.C7H6N3O.C7H8.CH4/c1-8(11)10-7-9-5-3-2-4-6-9;8-10-9-7(11)6-4-2-1-3-5-6;1-7-5-3-2-4-6-7;/h2-6H,7H2,1H3,(H,10,11);1-5,8H;2-6H,1H3;1H4/q;+1;;. The van der Waals surface area contributed by atoms with Crippen molar-refractivity contribution in [2.75, 3.05) is 0 Å². The molecule has 0 atom stereocenters. The summed E-state index contributed by atoms with van der Waals surface area (Å²) in [5, 5.41) is 5.77. The lowest BCUT2D eigenvalue weighted by Gasteiger charge is -2.00. The van der Waals surface area contributed by atoms with Gasteiger partial charge in [-0.3, -0.25) is 9.59 Å². The minimum absolute atomic E-state index is 0. The van der Waals surface area contributed by atoms with Crippen LogP contribution in [0.5, 0.6) is 0 Å². The molecule has 6 heteroatoms. The zero-order chi connectivity index (χ0) is 21.3. The maximum atomic E-state index is 10.9. The van der Waals surface area contributed by atoms with Crippen LogP contribution in [0.25, 0.3) is 0 Å².